The van der Waals surface area contributed by atoms with Crippen LogP contribution in [0.1, 0.15) is 11.1 Å². The molecule has 0 aliphatic heterocycles. The molecule has 0 spiro atoms. The highest BCUT2D eigenvalue weighted by Crippen LogP contribution is 2.31. The molecule has 2 rings (SSSR count). The molecule has 11 heteroatoms. The van der Waals surface area contributed by atoms with E-state index in [-0.39, 0.29) is 30.2 Å². The first-order valence-electron chi connectivity index (χ1n) is 7.09. The van der Waals surface area contributed by atoms with Gasteiger partial charge in [-0.05, 0) is 23.8 Å². The number of amides is 1. The van der Waals surface area contributed by atoms with E-state index in [4.69, 9.17) is 5.73 Å². The van der Waals surface area contributed by atoms with Crippen molar-refractivity contribution >= 4 is 24.0 Å². The third-order valence-electron chi connectivity index (χ3n) is 3.41. The Morgan fingerprint density at radius 2 is 1.88 bits per heavy atom. The quantitative estimate of drug-likeness (QED) is 0.813. The monoisotopic (exact) mass is 392 g/mol. The van der Waals surface area contributed by atoms with E-state index in [0.717, 1.165) is 33.5 Å². The van der Waals surface area contributed by atoms with E-state index >= 15 is 0 Å². The molecule has 26 heavy (non-hydrogen) atoms. The van der Waals surface area contributed by atoms with Gasteiger partial charge in [-0.1, -0.05) is 0 Å². The Morgan fingerprint density at radius 1 is 1.23 bits per heavy atom. The number of anilines is 1. The highest BCUT2D eigenvalue weighted by molar-refractivity contribution is 5.90. The molecule has 0 atom stereocenters. The van der Waals surface area contributed by atoms with E-state index in [1.165, 1.54) is 13.1 Å². The predicted octanol–water partition coefficient (Wildman–Crippen LogP) is 1.08. The average molecular weight is 393 g/mol. The third-order valence-corrected chi connectivity index (χ3v) is 3.41. The van der Waals surface area contributed by atoms with Gasteiger partial charge >= 0.3 is 11.9 Å². The number of hydrogen-bond acceptors (Lipinski definition) is 4. The Balaban J connectivity index is 0.00000338. The van der Waals surface area contributed by atoms with E-state index in [0.29, 0.717) is 0 Å². The summed E-state index contributed by atoms with van der Waals surface area (Å²) in [6, 6.07) is 4.09. The minimum Gasteiger partial charge on any atom is -0.326 e. The van der Waals surface area contributed by atoms with Crippen LogP contribution in [0.15, 0.2) is 40.1 Å². The molecule has 1 heterocycles. The molecule has 1 aromatic heterocycles. The molecule has 0 unspecified atom stereocenters. The second-order valence-electron chi connectivity index (χ2n) is 5.29. The van der Waals surface area contributed by atoms with Gasteiger partial charge in [-0.3, -0.25) is 18.7 Å². The van der Waals surface area contributed by atoms with Crippen molar-refractivity contribution in [2.75, 3.05) is 5.32 Å². The SMILES string of the molecule is Cl.Cn1c(=O)ccn(CC(=O)Nc2cc(CN)cc(C(F)(F)F)c2)c1=O. The van der Waals surface area contributed by atoms with Gasteiger partial charge in [0, 0.05) is 31.5 Å². The number of alkyl halides is 3. The highest BCUT2D eigenvalue weighted by atomic mass is 35.5. The summed E-state index contributed by atoms with van der Waals surface area (Å²) < 4.78 is 40.4. The fourth-order valence-corrected chi connectivity index (χ4v) is 2.14. The zero-order chi connectivity index (χ0) is 18.8. The number of nitrogens with zero attached hydrogens (tertiary/aromatic N) is 2. The third kappa shape index (κ3) is 4.96. The van der Waals surface area contributed by atoms with Crippen molar-refractivity contribution in [1.82, 2.24) is 9.13 Å². The summed E-state index contributed by atoms with van der Waals surface area (Å²) >= 11 is 0. The van der Waals surface area contributed by atoms with Crippen LogP contribution in [0.3, 0.4) is 0 Å². The second-order valence-corrected chi connectivity index (χ2v) is 5.29. The lowest BCUT2D eigenvalue weighted by Gasteiger charge is -2.13. The van der Waals surface area contributed by atoms with Gasteiger partial charge in [0.25, 0.3) is 5.56 Å². The van der Waals surface area contributed by atoms with Gasteiger partial charge in [-0.15, -0.1) is 12.4 Å². The Hall–Kier alpha value is -2.59. The molecule has 0 saturated heterocycles. The molecule has 0 saturated carbocycles. The number of hydrogen-bond donors (Lipinski definition) is 2. The van der Waals surface area contributed by atoms with Crippen LogP contribution < -0.4 is 22.3 Å². The lowest BCUT2D eigenvalue weighted by Crippen LogP contribution is -2.38. The van der Waals surface area contributed by atoms with Crippen molar-refractivity contribution in [1.29, 1.82) is 0 Å². The fraction of sp³-hybridized carbons (Fsp3) is 0.267. The molecule has 0 aliphatic carbocycles. The molecule has 0 fully saturated rings. The van der Waals surface area contributed by atoms with Gasteiger partial charge in [-0.25, -0.2) is 4.79 Å². The lowest BCUT2D eigenvalue weighted by molar-refractivity contribution is -0.137. The van der Waals surface area contributed by atoms with Gasteiger partial charge < -0.3 is 11.1 Å². The summed E-state index contributed by atoms with van der Waals surface area (Å²) in [6.07, 6.45) is -3.44. The average Bonchev–Trinajstić information content (AvgIpc) is 2.54. The maximum atomic E-state index is 12.9. The summed E-state index contributed by atoms with van der Waals surface area (Å²) in [5, 5.41) is 2.30. The molecule has 0 aliphatic rings. The summed E-state index contributed by atoms with van der Waals surface area (Å²) in [5.74, 6) is -0.719. The molecule has 0 bridgehead atoms. The van der Waals surface area contributed by atoms with Crippen LogP contribution in [0.4, 0.5) is 18.9 Å². The Bertz CT molecular complexity index is 922. The van der Waals surface area contributed by atoms with Crippen LogP contribution in [0.5, 0.6) is 0 Å². The van der Waals surface area contributed by atoms with Crippen LogP contribution in [0.2, 0.25) is 0 Å². The Kier molecular flexibility index (Phi) is 6.76. The van der Waals surface area contributed by atoms with E-state index in [1.54, 1.807) is 0 Å². The van der Waals surface area contributed by atoms with Gasteiger partial charge in [0.2, 0.25) is 5.91 Å². The zero-order valence-electron chi connectivity index (χ0n) is 13.5. The van der Waals surface area contributed by atoms with Crippen molar-refractivity contribution < 1.29 is 18.0 Å². The summed E-state index contributed by atoms with van der Waals surface area (Å²) in [7, 11) is 1.25. The molecule has 3 N–H and O–H groups in total. The molecule has 142 valence electrons. The van der Waals surface area contributed by atoms with Gasteiger partial charge in [0.15, 0.2) is 0 Å². The molecule has 2 aromatic rings. The van der Waals surface area contributed by atoms with Crippen molar-refractivity contribution in [3.05, 3.63) is 62.4 Å². The first kappa shape index (κ1) is 21.5. The van der Waals surface area contributed by atoms with Gasteiger partial charge in [0.05, 0.1) is 5.56 Å². The van der Waals surface area contributed by atoms with E-state index in [2.05, 4.69) is 5.32 Å². The van der Waals surface area contributed by atoms with Crippen LogP contribution in [0.25, 0.3) is 0 Å². The number of nitrogens with two attached hydrogens (primary N) is 1. The maximum absolute atomic E-state index is 12.9. The number of carbonyl (C=O) groups excluding carboxylic acids is 1. The van der Waals surface area contributed by atoms with Crippen LogP contribution >= 0.6 is 12.4 Å². The van der Waals surface area contributed by atoms with Crippen LogP contribution in [-0.2, 0) is 31.1 Å². The number of rotatable bonds is 4. The first-order chi connectivity index (χ1) is 11.6. The molecular formula is C15H16ClF3N4O3. The topological polar surface area (TPSA) is 99.1 Å². The molecule has 1 aromatic carbocycles. The number of nitrogens with one attached hydrogen (secondary N) is 1. The van der Waals surface area contributed by atoms with E-state index in [1.807, 2.05) is 0 Å². The predicted molar refractivity (Wildman–Crippen MR) is 91.2 cm³/mol. The van der Waals surface area contributed by atoms with Crippen molar-refractivity contribution in [3.8, 4) is 0 Å². The number of carbonyl (C=O) groups is 1. The van der Waals surface area contributed by atoms with Crippen LogP contribution in [0, 0.1) is 0 Å². The highest BCUT2D eigenvalue weighted by Gasteiger charge is 2.31. The van der Waals surface area contributed by atoms with Crippen LogP contribution in [-0.4, -0.2) is 15.0 Å². The summed E-state index contributed by atoms with van der Waals surface area (Å²) in [5.41, 5.74) is 3.30. The summed E-state index contributed by atoms with van der Waals surface area (Å²) in [6.45, 7) is -0.589. The van der Waals surface area contributed by atoms with E-state index in [9.17, 15) is 27.6 Å². The largest absolute Gasteiger partial charge is 0.416 e. The normalized spacial score (nSPS) is 11.0. The van der Waals surface area contributed by atoms with Crippen molar-refractivity contribution in [2.24, 2.45) is 12.8 Å². The second kappa shape index (κ2) is 8.19. The van der Waals surface area contributed by atoms with Crippen molar-refractivity contribution in [3.63, 3.8) is 0 Å². The minimum atomic E-state index is -4.58. The first-order valence-corrected chi connectivity index (χ1v) is 7.09. The van der Waals surface area contributed by atoms with Gasteiger partial charge in [-0.2, -0.15) is 13.2 Å². The number of benzene rings is 1. The number of halogens is 4. The van der Waals surface area contributed by atoms with Crippen molar-refractivity contribution in [2.45, 2.75) is 19.3 Å². The smallest absolute Gasteiger partial charge is 0.326 e. The summed E-state index contributed by atoms with van der Waals surface area (Å²) in [4.78, 5) is 35.2. The lowest BCUT2D eigenvalue weighted by atomic mass is 10.1. The molecular weight excluding hydrogens is 377 g/mol. The van der Waals surface area contributed by atoms with E-state index < -0.39 is 35.4 Å². The Morgan fingerprint density at radius 3 is 2.46 bits per heavy atom. The molecule has 7 nitrogen and oxygen atoms in total. The molecule has 1 amide bonds. The van der Waals surface area contributed by atoms with Gasteiger partial charge in [0.1, 0.15) is 6.54 Å². The Labute approximate surface area is 151 Å². The molecule has 0 radical (unpaired) electrons. The number of aromatic nitrogens is 2. The maximum Gasteiger partial charge on any atom is 0.416 e. The minimum absolute atomic E-state index is 0. The standard InChI is InChI=1S/C15H15F3N4O3.ClH/c1-21-13(24)2-3-22(14(21)25)8-12(23)20-11-5-9(7-19)4-10(6-11)15(16,17)18;/h2-6H,7-8,19H2,1H3,(H,20,23);1H. The zero-order valence-corrected chi connectivity index (χ0v) is 14.4. The fourth-order valence-electron chi connectivity index (χ4n) is 2.14.